The summed E-state index contributed by atoms with van der Waals surface area (Å²) in [5.74, 6) is 1.58. The molecule has 6 nitrogen and oxygen atoms in total. The van der Waals surface area contributed by atoms with E-state index in [0.29, 0.717) is 13.1 Å². The van der Waals surface area contributed by atoms with Gasteiger partial charge in [0.1, 0.15) is 11.6 Å². The Balaban J connectivity index is 1.58. The number of nitrogens with one attached hydrogen (secondary N) is 2. The molecule has 0 bridgehead atoms. The van der Waals surface area contributed by atoms with Crippen LogP contribution in [0.15, 0.2) is 65.5 Å². The van der Waals surface area contributed by atoms with Gasteiger partial charge in [-0.1, -0.05) is 29.8 Å². The Hall–Kier alpha value is -2.64. The Bertz CT molecular complexity index is 1070. The van der Waals surface area contributed by atoms with Crippen molar-refractivity contribution < 1.29 is 0 Å². The second-order valence-corrected chi connectivity index (χ2v) is 7.24. The summed E-state index contributed by atoms with van der Waals surface area (Å²) in [6, 6.07) is 13.6. The molecule has 27 heavy (non-hydrogen) atoms. The summed E-state index contributed by atoms with van der Waals surface area (Å²) in [5, 5.41) is 11.9. The Morgan fingerprint density at radius 2 is 1.85 bits per heavy atom. The van der Waals surface area contributed by atoms with Gasteiger partial charge in [-0.25, -0.2) is 4.98 Å². The second kappa shape index (κ2) is 7.94. The minimum atomic E-state index is 0.623. The molecule has 0 saturated heterocycles. The fourth-order valence-electron chi connectivity index (χ4n) is 2.69. The summed E-state index contributed by atoms with van der Waals surface area (Å²) in [5.41, 5.74) is 2.91. The van der Waals surface area contributed by atoms with E-state index in [1.807, 2.05) is 48.7 Å². The molecule has 3 aromatic heterocycles. The Morgan fingerprint density at radius 3 is 2.67 bits per heavy atom. The number of fused-ring (bicyclic) bond motifs is 1. The number of anilines is 2. The van der Waals surface area contributed by atoms with Crippen LogP contribution in [0.4, 0.5) is 11.6 Å². The van der Waals surface area contributed by atoms with E-state index in [1.54, 1.807) is 16.9 Å². The van der Waals surface area contributed by atoms with Gasteiger partial charge >= 0.3 is 0 Å². The first kappa shape index (κ1) is 17.8. The smallest absolute Gasteiger partial charge is 0.173 e. The number of halogens is 2. The lowest BCUT2D eigenvalue weighted by Crippen LogP contribution is -2.09. The molecule has 0 fully saturated rings. The highest BCUT2D eigenvalue weighted by molar-refractivity contribution is 9.10. The molecule has 2 N–H and O–H groups in total. The predicted molar refractivity (Wildman–Crippen MR) is 111 cm³/mol. The average Bonchev–Trinajstić information content (AvgIpc) is 3.06. The van der Waals surface area contributed by atoms with Crippen LogP contribution in [0.2, 0.25) is 5.02 Å². The molecule has 0 saturated carbocycles. The zero-order chi connectivity index (χ0) is 18.6. The van der Waals surface area contributed by atoms with Gasteiger partial charge < -0.3 is 10.6 Å². The van der Waals surface area contributed by atoms with Gasteiger partial charge in [-0.2, -0.15) is 9.61 Å². The Kier molecular flexibility index (Phi) is 5.22. The summed E-state index contributed by atoms with van der Waals surface area (Å²) in [7, 11) is 0. The first-order valence-corrected chi connectivity index (χ1v) is 9.51. The third-order valence-corrected chi connectivity index (χ3v) is 4.78. The van der Waals surface area contributed by atoms with E-state index in [9.17, 15) is 0 Å². The van der Waals surface area contributed by atoms with Crippen molar-refractivity contribution in [3.05, 3.63) is 81.7 Å². The maximum absolute atomic E-state index is 6.06. The van der Waals surface area contributed by atoms with E-state index in [0.717, 1.165) is 37.9 Å². The van der Waals surface area contributed by atoms with Crippen molar-refractivity contribution in [2.45, 2.75) is 13.1 Å². The molecule has 0 aliphatic heterocycles. The SMILES string of the molecule is Clc1cccc(CNc2cc(NCc3cccnc3)n3ncc(Br)c3n2)c1. The van der Waals surface area contributed by atoms with Crippen LogP contribution in [-0.4, -0.2) is 19.6 Å². The molecule has 8 heteroatoms. The summed E-state index contributed by atoms with van der Waals surface area (Å²) >= 11 is 9.57. The highest BCUT2D eigenvalue weighted by Crippen LogP contribution is 2.23. The molecule has 4 aromatic rings. The van der Waals surface area contributed by atoms with Crippen molar-refractivity contribution >= 4 is 44.8 Å². The standard InChI is InChI=1S/C19H16BrClN6/c20-16-12-25-27-18(24-11-14-4-2-6-22-9-14)8-17(26-19(16)27)23-10-13-3-1-5-15(21)7-13/h1-9,12,24H,10-11H2,(H,23,26). The molecular formula is C19H16BrClN6. The van der Waals surface area contributed by atoms with E-state index >= 15 is 0 Å². The van der Waals surface area contributed by atoms with Gasteiger partial charge in [0.05, 0.1) is 10.7 Å². The fraction of sp³-hybridized carbons (Fsp3) is 0.105. The highest BCUT2D eigenvalue weighted by atomic mass is 79.9. The Labute approximate surface area is 169 Å². The van der Waals surface area contributed by atoms with Crippen molar-refractivity contribution in [3.63, 3.8) is 0 Å². The minimum absolute atomic E-state index is 0.623. The first-order valence-electron chi connectivity index (χ1n) is 8.34. The van der Waals surface area contributed by atoms with Crippen LogP contribution in [0.3, 0.4) is 0 Å². The largest absolute Gasteiger partial charge is 0.366 e. The monoisotopic (exact) mass is 442 g/mol. The molecule has 0 amide bonds. The van der Waals surface area contributed by atoms with E-state index in [2.05, 4.69) is 41.6 Å². The zero-order valence-electron chi connectivity index (χ0n) is 14.2. The third-order valence-electron chi connectivity index (χ3n) is 3.99. The third kappa shape index (κ3) is 4.20. The van der Waals surface area contributed by atoms with Crippen molar-refractivity contribution in [1.29, 1.82) is 0 Å². The summed E-state index contributed by atoms with van der Waals surface area (Å²) in [6.07, 6.45) is 5.33. The number of nitrogens with zero attached hydrogens (tertiary/aromatic N) is 4. The van der Waals surface area contributed by atoms with E-state index in [4.69, 9.17) is 11.6 Å². The zero-order valence-corrected chi connectivity index (χ0v) is 16.6. The van der Waals surface area contributed by atoms with Crippen LogP contribution in [0.1, 0.15) is 11.1 Å². The molecule has 136 valence electrons. The van der Waals surface area contributed by atoms with Gasteiger partial charge in [-0.05, 0) is 45.3 Å². The summed E-state index contributed by atoms with van der Waals surface area (Å²) < 4.78 is 2.60. The second-order valence-electron chi connectivity index (χ2n) is 5.95. The molecule has 0 aliphatic carbocycles. The topological polar surface area (TPSA) is 67.1 Å². The number of benzene rings is 1. The van der Waals surface area contributed by atoms with Crippen LogP contribution in [0.5, 0.6) is 0 Å². The van der Waals surface area contributed by atoms with Crippen molar-refractivity contribution in [2.24, 2.45) is 0 Å². The lowest BCUT2D eigenvalue weighted by molar-refractivity contribution is 0.922. The van der Waals surface area contributed by atoms with Gasteiger partial charge in [0.15, 0.2) is 5.65 Å². The summed E-state index contributed by atoms with van der Waals surface area (Å²) in [6.45, 7) is 1.26. The number of aromatic nitrogens is 4. The molecule has 0 spiro atoms. The lowest BCUT2D eigenvalue weighted by atomic mass is 10.2. The molecule has 0 atom stereocenters. The van der Waals surface area contributed by atoms with Crippen LogP contribution < -0.4 is 10.6 Å². The van der Waals surface area contributed by atoms with E-state index < -0.39 is 0 Å². The van der Waals surface area contributed by atoms with Gasteiger partial charge in [-0.3, -0.25) is 4.98 Å². The average molecular weight is 444 g/mol. The maximum atomic E-state index is 6.06. The lowest BCUT2D eigenvalue weighted by Gasteiger charge is -2.12. The molecular weight excluding hydrogens is 428 g/mol. The van der Waals surface area contributed by atoms with Gasteiger partial charge in [-0.15, -0.1) is 0 Å². The number of pyridine rings is 1. The maximum Gasteiger partial charge on any atom is 0.173 e. The summed E-state index contributed by atoms with van der Waals surface area (Å²) in [4.78, 5) is 8.79. The van der Waals surface area contributed by atoms with Crippen LogP contribution >= 0.6 is 27.5 Å². The van der Waals surface area contributed by atoms with Gasteiger partial charge in [0.25, 0.3) is 0 Å². The molecule has 1 aromatic carbocycles. The van der Waals surface area contributed by atoms with Crippen LogP contribution in [-0.2, 0) is 13.1 Å². The molecule has 0 aliphatic rings. The predicted octanol–water partition coefficient (Wildman–Crippen LogP) is 4.76. The van der Waals surface area contributed by atoms with E-state index in [-0.39, 0.29) is 0 Å². The molecule has 0 radical (unpaired) electrons. The quantitative estimate of drug-likeness (QED) is 0.449. The minimum Gasteiger partial charge on any atom is -0.366 e. The van der Waals surface area contributed by atoms with Crippen LogP contribution in [0.25, 0.3) is 5.65 Å². The molecule has 3 heterocycles. The van der Waals surface area contributed by atoms with Gasteiger partial charge in [0.2, 0.25) is 0 Å². The first-order chi connectivity index (χ1) is 13.2. The Morgan fingerprint density at radius 1 is 1.00 bits per heavy atom. The normalized spacial score (nSPS) is 10.9. The van der Waals surface area contributed by atoms with Crippen LogP contribution in [0, 0.1) is 0 Å². The molecule has 4 rings (SSSR count). The number of hydrogen-bond acceptors (Lipinski definition) is 5. The van der Waals surface area contributed by atoms with Crippen molar-refractivity contribution in [2.75, 3.05) is 10.6 Å². The van der Waals surface area contributed by atoms with E-state index in [1.165, 1.54) is 0 Å². The number of rotatable bonds is 6. The highest BCUT2D eigenvalue weighted by Gasteiger charge is 2.10. The number of hydrogen-bond donors (Lipinski definition) is 2. The molecule has 0 unspecified atom stereocenters. The van der Waals surface area contributed by atoms with Crippen molar-refractivity contribution in [1.82, 2.24) is 19.6 Å². The fourth-order valence-corrected chi connectivity index (χ4v) is 3.25. The van der Waals surface area contributed by atoms with Gasteiger partial charge in [0, 0.05) is 36.6 Å². The van der Waals surface area contributed by atoms with Crippen molar-refractivity contribution in [3.8, 4) is 0 Å².